The number of ether oxygens (including phenoxy) is 1. The molecule has 2 aromatic carbocycles. The maximum Gasteiger partial charge on any atom is 0.251 e. The smallest absolute Gasteiger partial charge is 0.251 e. The molecular weight excluding hydrogens is 453 g/mol. The average Bonchev–Trinajstić information content (AvgIpc) is 3.14. The first-order valence-corrected chi connectivity index (χ1v) is 10.0. The van der Waals surface area contributed by atoms with Crippen molar-refractivity contribution >= 4 is 28.5 Å². The number of hydrogen-bond donors (Lipinski definition) is 1. The van der Waals surface area contributed by atoms with Crippen molar-refractivity contribution in [3.63, 3.8) is 0 Å². The van der Waals surface area contributed by atoms with Gasteiger partial charge in [0.15, 0.2) is 0 Å². The molecule has 1 unspecified atom stereocenters. The van der Waals surface area contributed by atoms with Crippen molar-refractivity contribution in [2.45, 2.75) is 25.3 Å². The molecule has 0 saturated heterocycles. The molecule has 1 atom stereocenters. The van der Waals surface area contributed by atoms with Crippen molar-refractivity contribution in [3.05, 3.63) is 75.1 Å². The topological polar surface area (TPSA) is 56.1 Å². The summed E-state index contributed by atoms with van der Waals surface area (Å²) in [6.45, 7) is 0. The minimum absolute atomic E-state index is 0.00692. The first-order chi connectivity index (χ1) is 13.2. The lowest BCUT2D eigenvalue weighted by Gasteiger charge is -2.24. The minimum atomic E-state index is -0.0403. The molecule has 1 aliphatic carbocycles. The number of rotatable bonds is 4. The van der Waals surface area contributed by atoms with Crippen LogP contribution >= 0.6 is 22.6 Å². The van der Waals surface area contributed by atoms with E-state index in [0.29, 0.717) is 5.56 Å². The van der Waals surface area contributed by atoms with Gasteiger partial charge in [0, 0.05) is 20.4 Å². The summed E-state index contributed by atoms with van der Waals surface area (Å²) in [6, 6.07) is 15.5. The Morgan fingerprint density at radius 2 is 1.93 bits per heavy atom. The summed E-state index contributed by atoms with van der Waals surface area (Å²) in [7, 11) is 1.66. The van der Waals surface area contributed by atoms with E-state index >= 15 is 0 Å². The van der Waals surface area contributed by atoms with Crippen LogP contribution in [0.25, 0.3) is 5.69 Å². The monoisotopic (exact) mass is 473 g/mol. The minimum Gasteiger partial charge on any atom is -0.497 e. The SMILES string of the molecule is COc1ccc(-n2ncc3c2CCCC3NC(=O)c2ccc(I)cc2)cc1. The molecule has 0 radical (unpaired) electrons. The summed E-state index contributed by atoms with van der Waals surface area (Å²) in [4.78, 5) is 12.6. The lowest BCUT2D eigenvalue weighted by Crippen LogP contribution is -2.31. The zero-order chi connectivity index (χ0) is 18.8. The lowest BCUT2D eigenvalue weighted by atomic mass is 9.92. The van der Waals surface area contributed by atoms with Crippen LogP contribution in [0.5, 0.6) is 5.75 Å². The van der Waals surface area contributed by atoms with Crippen LogP contribution in [-0.2, 0) is 6.42 Å². The van der Waals surface area contributed by atoms with Gasteiger partial charge in [-0.1, -0.05) is 0 Å². The number of fused-ring (bicyclic) bond motifs is 1. The summed E-state index contributed by atoms with van der Waals surface area (Å²) >= 11 is 2.24. The van der Waals surface area contributed by atoms with Gasteiger partial charge in [0.05, 0.1) is 25.0 Å². The Labute approximate surface area is 171 Å². The normalized spacial score (nSPS) is 15.9. The van der Waals surface area contributed by atoms with Crippen LogP contribution in [0.3, 0.4) is 0 Å². The summed E-state index contributed by atoms with van der Waals surface area (Å²) in [5.74, 6) is 0.781. The molecule has 1 aliphatic rings. The molecule has 3 aromatic rings. The zero-order valence-electron chi connectivity index (χ0n) is 15.0. The first kappa shape index (κ1) is 18.0. The summed E-state index contributed by atoms with van der Waals surface area (Å²) in [6.07, 6.45) is 4.79. The van der Waals surface area contributed by atoms with E-state index in [9.17, 15) is 4.79 Å². The highest BCUT2D eigenvalue weighted by Crippen LogP contribution is 2.31. The standard InChI is InChI=1S/C21H20IN3O2/c1-27-17-11-9-16(10-12-17)25-20-4-2-3-19(18(20)13-23-25)24-21(26)14-5-7-15(22)8-6-14/h5-13,19H,2-4H2,1H3,(H,24,26). The zero-order valence-corrected chi connectivity index (χ0v) is 17.1. The molecule has 0 aliphatic heterocycles. The van der Waals surface area contributed by atoms with Crippen molar-refractivity contribution in [2.75, 3.05) is 7.11 Å². The molecule has 0 spiro atoms. The van der Waals surface area contributed by atoms with Gasteiger partial charge in [-0.15, -0.1) is 0 Å². The highest BCUT2D eigenvalue weighted by Gasteiger charge is 2.26. The molecule has 1 aromatic heterocycles. The second-order valence-corrected chi connectivity index (χ2v) is 7.83. The lowest BCUT2D eigenvalue weighted by molar-refractivity contribution is 0.0932. The molecule has 0 fully saturated rings. The Morgan fingerprint density at radius 1 is 1.19 bits per heavy atom. The fourth-order valence-corrected chi connectivity index (χ4v) is 3.86. The van der Waals surface area contributed by atoms with Crippen LogP contribution in [0.4, 0.5) is 0 Å². The van der Waals surface area contributed by atoms with Crippen LogP contribution in [-0.4, -0.2) is 22.8 Å². The van der Waals surface area contributed by atoms with Crippen molar-refractivity contribution in [2.24, 2.45) is 0 Å². The highest BCUT2D eigenvalue weighted by molar-refractivity contribution is 14.1. The number of halogens is 1. The fourth-order valence-electron chi connectivity index (χ4n) is 3.50. The Hall–Kier alpha value is -2.35. The Kier molecular flexibility index (Phi) is 5.15. The second kappa shape index (κ2) is 7.72. The Balaban J connectivity index is 1.57. The third-order valence-electron chi connectivity index (χ3n) is 4.91. The number of carbonyl (C=O) groups is 1. The number of amides is 1. The van der Waals surface area contributed by atoms with Crippen LogP contribution in [0.2, 0.25) is 0 Å². The van der Waals surface area contributed by atoms with Gasteiger partial charge in [-0.25, -0.2) is 4.68 Å². The van der Waals surface area contributed by atoms with E-state index < -0.39 is 0 Å². The number of benzene rings is 2. The van der Waals surface area contributed by atoms with Crippen molar-refractivity contribution in [3.8, 4) is 11.4 Å². The van der Waals surface area contributed by atoms with Gasteiger partial charge in [-0.05, 0) is 90.4 Å². The average molecular weight is 473 g/mol. The first-order valence-electron chi connectivity index (χ1n) is 8.93. The van der Waals surface area contributed by atoms with E-state index in [1.807, 2.05) is 59.4 Å². The summed E-state index contributed by atoms with van der Waals surface area (Å²) in [5, 5.41) is 7.77. The number of hydrogen-bond acceptors (Lipinski definition) is 3. The number of methoxy groups -OCH3 is 1. The van der Waals surface area contributed by atoms with E-state index in [2.05, 4.69) is 33.0 Å². The maximum atomic E-state index is 12.6. The summed E-state index contributed by atoms with van der Waals surface area (Å²) in [5.41, 5.74) is 3.96. The van der Waals surface area contributed by atoms with Gasteiger partial charge in [0.2, 0.25) is 0 Å². The van der Waals surface area contributed by atoms with Gasteiger partial charge in [0.25, 0.3) is 5.91 Å². The van der Waals surface area contributed by atoms with E-state index in [-0.39, 0.29) is 11.9 Å². The molecule has 0 saturated carbocycles. The van der Waals surface area contributed by atoms with Crippen molar-refractivity contribution in [1.82, 2.24) is 15.1 Å². The third-order valence-corrected chi connectivity index (χ3v) is 5.63. The largest absolute Gasteiger partial charge is 0.497 e. The van der Waals surface area contributed by atoms with E-state index in [0.717, 1.165) is 39.8 Å². The summed E-state index contributed by atoms with van der Waals surface area (Å²) < 4.78 is 8.32. The second-order valence-electron chi connectivity index (χ2n) is 6.58. The van der Waals surface area contributed by atoms with Gasteiger partial charge in [-0.2, -0.15) is 5.10 Å². The predicted molar refractivity (Wildman–Crippen MR) is 112 cm³/mol. The van der Waals surface area contributed by atoms with Gasteiger partial charge in [0.1, 0.15) is 5.75 Å². The predicted octanol–water partition coefficient (Wildman–Crippen LogP) is 4.29. The molecule has 1 amide bonds. The molecule has 27 heavy (non-hydrogen) atoms. The van der Waals surface area contributed by atoms with Gasteiger partial charge in [-0.3, -0.25) is 4.79 Å². The number of nitrogens with one attached hydrogen (secondary N) is 1. The maximum absolute atomic E-state index is 12.6. The Bertz CT molecular complexity index is 949. The van der Waals surface area contributed by atoms with Crippen LogP contribution < -0.4 is 10.1 Å². The number of nitrogens with zero attached hydrogens (tertiary/aromatic N) is 2. The Morgan fingerprint density at radius 3 is 2.63 bits per heavy atom. The van der Waals surface area contributed by atoms with E-state index in [1.165, 1.54) is 5.69 Å². The highest BCUT2D eigenvalue weighted by atomic mass is 127. The molecule has 1 N–H and O–H groups in total. The molecule has 6 heteroatoms. The van der Waals surface area contributed by atoms with Crippen LogP contribution in [0, 0.1) is 3.57 Å². The van der Waals surface area contributed by atoms with E-state index in [4.69, 9.17) is 4.74 Å². The number of carbonyl (C=O) groups excluding carboxylic acids is 1. The van der Waals surface area contributed by atoms with Crippen LogP contribution in [0.1, 0.15) is 40.5 Å². The molecule has 1 heterocycles. The number of aromatic nitrogens is 2. The molecule has 0 bridgehead atoms. The van der Waals surface area contributed by atoms with Crippen LogP contribution in [0.15, 0.2) is 54.7 Å². The quantitative estimate of drug-likeness (QED) is 0.576. The fraction of sp³-hybridized carbons (Fsp3) is 0.238. The van der Waals surface area contributed by atoms with Gasteiger partial charge < -0.3 is 10.1 Å². The molecule has 4 rings (SSSR count). The van der Waals surface area contributed by atoms with Gasteiger partial charge >= 0.3 is 0 Å². The van der Waals surface area contributed by atoms with Crippen molar-refractivity contribution < 1.29 is 9.53 Å². The molecular formula is C21H20IN3O2. The molecule has 5 nitrogen and oxygen atoms in total. The third kappa shape index (κ3) is 3.71. The van der Waals surface area contributed by atoms with Crippen molar-refractivity contribution in [1.29, 1.82) is 0 Å². The molecule has 138 valence electrons. The van der Waals surface area contributed by atoms with E-state index in [1.54, 1.807) is 7.11 Å².